The molecule has 1 nitrogen and oxygen atoms in total. The predicted molar refractivity (Wildman–Crippen MR) is 143 cm³/mol. The quantitative estimate of drug-likeness (QED) is 0.163. The van der Waals surface area contributed by atoms with Gasteiger partial charge in [-0.2, -0.15) is 0 Å². The average molecular weight is 453 g/mol. The number of ether oxygens (including phenoxy) is 1. The largest absolute Gasteiger partial charge is 0.490 e. The Labute approximate surface area is 202 Å². The summed E-state index contributed by atoms with van der Waals surface area (Å²) in [5.74, 6) is 0.521. The second-order valence-corrected chi connectivity index (χ2v) is 8.88. The van der Waals surface area contributed by atoms with Gasteiger partial charge in [-0.3, -0.25) is 0 Å². The number of hydrogen-bond donors (Lipinski definition) is 0. The molecular weight excluding hydrogens is 419 g/mol. The van der Waals surface area contributed by atoms with Crippen LogP contribution in [0.15, 0.2) is 91.5 Å². The molecule has 0 N–H and O–H groups in total. The normalized spacial score (nSPS) is 11.0. The standard InChI is InChI=1S/C32H33FO/c1-3-5-6-7-8-9-24-10-11-27-22-28(13-12-26(27)21-24)29-16-19-31(32(33)23-29)25-14-17-30(18-15-25)34-20-4-2/h4,10-19,21-23H,2-3,5-9,20H2,1H3. The van der Waals surface area contributed by atoms with Gasteiger partial charge in [0.1, 0.15) is 18.2 Å². The first-order valence-electron chi connectivity index (χ1n) is 12.3. The molecule has 0 aliphatic carbocycles. The Morgan fingerprint density at radius 2 is 1.41 bits per heavy atom. The maximum atomic E-state index is 15.0. The molecule has 34 heavy (non-hydrogen) atoms. The number of hydrogen-bond acceptors (Lipinski definition) is 1. The summed E-state index contributed by atoms with van der Waals surface area (Å²) < 4.78 is 20.6. The van der Waals surface area contributed by atoms with Gasteiger partial charge in [-0.1, -0.05) is 99.9 Å². The lowest BCUT2D eigenvalue weighted by Crippen LogP contribution is -1.92. The Morgan fingerprint density at radius 1 is 0.735 bits per heavy atom. The summed E-state index contributed by atoms with van der Waals surface area (Å²) in [7, 11) is 0. The number of halogens is 1. The third-order valence-corrected chi connectivity index (χ3v) is 6.31. The predicted octanol–water partition coefficient (Wildman–Crippen LogP) is 9.39. The zero-order valence-electron chi connectivity index (χ0n) is 20.0. The Balaban J connectivity index is 1.48. The zero-order valence-corrected chi connectivity index (χ0v) is 20.0. The van der Waals surface area contributed by atoms with Crippen molar-refractivity contribution in [3.8, 4) is 28.0 Å². The van der Waals surface area contributed by atoms with E-state index in [-0.39, 0.29) is 5.82 Å². The van der Waals surface area contributed by atoms with Gasteiger partial charge in [-0.05, 0) is 70.1 Å². The second kappa shape index (κ2) is 11.7. The monoisotopic (exact) mass is 452 g/mol. The molecule has 0 atom stereocenters. The molecule has 0 saturated carbocycles. The molecule has 0 radical (unpaired) electrons. The van der Waals surface area contributed by atoms with Gasteiger partial charge in [0.15, 0.2) is 0 Å². The fourth-order valence-electron chi connectivity index (χ4n) is 4.38. The summed E-state index contributed by atoms with van der Waals surface area (Å²) in [6.07, 6.45) is 9.34. The van der Waals surface area contributed by atoms with E-state index >= 15 is 4.39 Å². The maximum Gasteiger partial charge on any atom is 0.131 e. The molecule has 0 fully saturated rings. The van der Waals surface area contributed by atoms with Crippen molar-refractivity contribution < 1.29 is 9.13 Å². The van der Waals surface area contributed by atoms with Crippen molar-refractivity contribution in [3.63, 3.8) is 0 Å². The summed E-state index contributed by atoms with van der Waals surface area (Å²) in [5, 5.41) is 2.43. The number of fused-ring (bicyclic) bond motifs is 1. The van der Waals surface area contributed by atoms with Crippen LogP contribution in [0.5, 0.6) is 5.75 Å². The minimum absolute atomic E-state index is 0.226. The Kier molecular flexibility index (Phi) is 8.14. The maximum absolute atomic E-state index is 15.0. The van der Waals surface area contributed by atoms with Crippen molar-refractivity contribution in [2.24, 2.45) is 0 Å². The van der Waals surface area contributed by atoms with Crippen molar-refractivity contribution in [1.29, 1.82) is 0 Å². The van der Waals surface area contributed by atoms with E-state index in [0.29, 0.717) is 12.2 Å². The van der Waals surface area contributed by atoms with Crippen LogP contribution in [0.25, 0.3) is 33.0 Å². The Hall–Kier alpha value is -3.39. The summed E-state index contributed by atoms with van der Waals surface area (Å²) >= 11 is 0. The SMILES string of the molecule is C=CCOc1ccc(-c2ccc(-c3ccc4cc(CCCCCCC)ccc4c3)cc2F)cc1. The first kappa shape index (κ1) is 23.8. The van der Waals surface area contributed by atoms with Gasteiger partial charge < -0.3 is 4.74 Å². The average Bonchev–Trinajstić information content (AvgIpc) is 2.87. The lowest BCUT2D eigenvalue weighted by Gasteiger charge is -2.10. The van der Waals surface area contributed by atoms with Gasteiger partial charge in [0.2, 0.25) is 0 Å². The van der Waals surface area contributed by atoms with E-state index in [4.69, 9.17) is 4.74 Å². The summed E-state index contributed by atoms with van der Waals surface area (Å²) in [6, 6.07) is 26.1. The molecule has 2 heteroatoms. The Morgan fingerprint density at radius 3 is 2.18 bits per heavy atom. The van der Waals surface area contributed by atoms with E-state index in [0.717, 1.165) is 28.9 Å². The molecule has 4 rings (SSSR count). The fraction of sp³-hybridized carbons (Fsp3) is 0.250. The van der Waals surface area contributed by atoms with Crippen LogP contribution in [-0.2, 0) is 6.42 Å². The molecule has 0 saturated heterocycles. The van der Waals surface area contributed by atoms with Crippen molar-refractivity contribution in [3.05, 3.63) is 103 Å². The molecule has 0 heterocycles. The van der Waals surface area contributed by atoms with Gasteiger partial charge >= 0.3 is 0 Å². The third-order valence-electron chi connectivity index (χ3n) is 6.31. The van der Waals surface area contributed by atoms with Gasteiger partial charge in [0, 0.05) is 5.56 Å². The van der Waals surface area contributed by atoms with Crippen LogP contribution in [0.4, 0.5) is 4.39 Å². The van der Waals surface area contributed by atoms with Gasteiger partial charge in [0.25, 0.3) is 0 Å². The number of aryl methyl sites for hydroxylation is 1. The first-order chi connectivity index (χ1) is 16.7. The van der Waals surface area contributed by atoms with Crippen LogP contribution >= 0.6 is 0 Å². The van der Waals surface area contributed by atoms with Crippen LogP contribution in [0.2, 0.25) is 0 Å². The molecule has 0 amide bonds. The van der Waals surface area contributed by atoms with Crippen LogP contribution < -0.4 is 4.74 Å². The molecule has 0 aromatic heterocycles. The topological polar surface area (TPSA) is 9.23 Å². The minimum atomic E-state index is -0.226. The molecule has 4 aromatic carbocycles. The Bertz CT molecular complexity index is 1240. The number of rotatable bonds is 11. The van der Waals surface area contributed by atoms with E-state index in [1.165, 1.54) is 48.4 Å². The molecule has 0 unspecified atom stereocenters. The molecular formula is C32H33FO. The van der Waals surface area contributed by atoms with Crippen LogP contribution in [-0.4, -0.2) is 6.61 Å². The highest BCUT2D eigenvalue weighted by Crippen LogP contribution is 2.31. The van der Waals surface area contributed by atoms with Gasteiger partial charge in [0.05, 0.1) is 0 Å². The zero-order chi connectivity index (χ0) is 23.8. The van der Waals surface area contributed by atoms with E-state index in [1.807, 2.05) is 36.4 Å². The van der Waals surface area contributed by atoms with Gasteiger partial charge in [-0.15, -0.1) is 0 Å². The molecule has 0 aliphatic heterocycles. The molecule has 4 aromatic rings. The summed E-state index contributed by atoms with van der Waals surface area (Å²) in [6.45, 7) is 6.35. The van der Waals surface area contributed by atoms with Crippen LogP contribution in [0, 0.1) is 5.82 Å². The van der Waals surface area contributed by atoms with Crippen molar-refractivity contribution in [2.45, 2.75) is 45.4 Å². The molecule has 0 bridgehead atoms. The van der Waals surface area contributed by atoms with Crippen LogP contribution in [0.1, 0.15) is 44.6 Å². The number of benzene rings is 4. The highest BCUT2D eigenvalue weighted by Gasteiger charge is 2.09. The summed E-state index contributed by atoms with van der Waals surface area (Å²) in [5.41, 5.74) is 4.72. The molecule has 0 spiro atoms. The number of unbranched alkanes of at least 4 members (excludes halogenated alkanes) is 4. The van der Waals surface area contributed by atoms with Crippen LogP contribution in [0.3, 0.4) is 0 Å². The van der Waals surface area contributed by atoms with Gasteiger partial charge in [-0.25, -0.2) is 4.39 Å². The van der Waals surface area contributed by atoms with E-state index in [2.05, 4.69) is 49.9 Å². The van der Waals surface area contributed by atoms with Crippen molar-refractivity contribution >= 4 is 10.8 Å². The highest BCUT2D eigenvalue weighted by molar-refractivity contribution is 5.88. The molecule has 174 valence electrons. The second-order valence-electron chi connectivity index (χ2n) is 8.88. The van der Waals surface area contributed by atoms with Crippen molar-refractivity contribution in [2.75, 3.05) is 6.61 Å². The van der Waals surface area contributed by atoms with E-state index in [1.54, 1.807) is 12.1 Å². The fourth-order valence-corrected chi connectivity index (χ4v) is 4.38. The lowest BCUT2D eigenvalue weighted by molar-refractivity contribution is 0.363. The lowest BCUT2D eigenvalue weighted by atomic mass is 9.96. The summed E-state index contributed by atoms with van der Waals surface area (Å²) in [4.78, 5) is 0. The molecule has 0 aliphatic rings. The minimum Gasteiger partial charge on any atom is -0.490 e. The third kappa shape index (κ3) is 5.94. The smallest absolute Gasteiger partial charge is 0.131 e. The highest BCUT2D eigenvalue weighted by atomic mass is 19.1. The van der Waals surface area contributed by atoms with Crippen molar-refractivity contribution in [1.82, 2.24) is 0 Å². The first-order valence-corrected chi connectivity index (χ1v) is 12.3. The van der Waals surface area contributed by atoms with E-state index < -0.39 is 0 Å². The van der Waals surface area contributed by atoms with E-state index in [9.17, 15) is 0 Å².